The van der Waals surface area contributed by atoms with E-state index in [-0.39, 0.29) is 31.0 Å². The van der Waals surface area contributed by atoms with Crippen LogP contribution in [0.3, 0.4) is 0 Å². The molecule has 0 fully saturated rings. The van der Waals surface area contributed by atoms with Crippen LogP contribution in [0.2, 0.25) is 5.02 Å². The molecule has 0 heterocycles. The molecule has 0 saturated carbocycles. The summed E-state index contributed by atoms with van der Waals surface area (Å²) in [6, 6.07) is 22.1. The molecule has 0 aliphatic heterocycles. The molecule has 0 saturated heterocycles. The SMILES string of the molecule is CCC(C)NC(=O)C(Cc1ccccc1)N(Cc1cccc(Cl)c1)C(=O)COc1ccc(C)c(C)c1. The molecule has 2 unspecified atom stereocenters. The van der Waals surface area contributed by atoms with Gasteiger partial charge in [0.05, 0.1) is 0 Å². The molecule has 0 aromatic heterocycles. The lowest BCUT2D eigenvalue weighted by atomic mass is 10.0. The Labute approximate surface area is 219 Å². The minimum Gasteiger partial charge on any atom is -0.484 e. The Kier molecular flexibility index (Phi) is 9.95. The molecule has 0 aliphatic rings. The fourth-order valence-corrected chi connectivity index (χ4v) is 4.07. The predicted molar refractivity (Wildman–Crippen MR) is 145 cm³/mol. The summed E-state index contributed by atoms with van der Waals surface area (Å²) in [6.45, 7) is 8.07. The zero-order valence-corrected chi connectivity index (χ0v) is 22.2. The Hall–Kier alpha value is -3.31. The molecule has 6 heteroatoms. The highest BCUT2D eigenvalue weighted by atomic mass is 35.5. The molecule has 2 amide bonds. The van der Waals surface area contributed by atoms with Gasteiger partial charge in [-0.1, -0.05) is 67.1 Å². The molecule has 0 aliphatic carbocycles. The van der Waals surface area contributed by atoms with E-state index in [1.807, 2.05) is 94.4 Å². The molecular weight excluding hydrogens is 472 g/mol. The zero-order chi connectivity index (χ0) is 26.1. The first-order chi connectivity index (χ1) is 17.3. The lowest BCUT2D eigenvalue weighted by Crippen LogP contribution is -2.53. The van der Waals surface area contributed by atoms with E-state index in [0.717, 1.165) is 28.7 Å². The van der Waals surface area contributed by atoms with Gasteiger partial charge < -0.3 is 15.0 Å². The first kappa shape index (κ1) is 27.3. The van der Waals surface area contributed by atoms with Crippen LogP contribution >= 0.6 is 11.6 Å². The van der Waals surface area contributed by atoms with Gasteiger partial charge in [-0.05, 0) is 73.7 Å². The van der Waals surface area contributed by atoms with E-state index >= 15 is 0 Å². The average Bonchev–Trinajstić information content (AvgIpc) is 2.87. The van der Waals surface area contributed by atoms with Crippen molar-refractivity contribution in [3.05, 3.63) is 100 Å². The average molecular weight is 507 g/mol. The van der Waals surface area contributed by atoms with Crippen LogP contribution in [0.4, 0.5) is 0 Å². The normalized spacial score (nSPS) is 12.5. The molecule has 3 aromatic rings. The van der Waals surface area contributed by atoms with Crippen molar-refractivity contribution in [3.63, 3.8) is 0 Å². The van der Waals surface area contributed by atoms with Crippen molar-refractivity contribution in [1.29, 1.82) is 0 Å². The van der Waals surface area contributed by atoms with Crippen molar-refractivity contribution < 1.29 is 14.3 Å². The number of carbonyl (C=O) groups is 2. The number of aryl methyl sites for hydroxylation is 2. The second kappa shape index (κ2) is 13.1. The summed E-state index contributed by atoms with van der Waals surface area (Å²) in [7, 11) is 0. The summed E-state index contributed by atoms with van der Waals surface area (Å²) in [4.78, 5) is 28.8. The quantitative estimate of drug-likeness (QED) is 0.352. The Balaban J connectivity index is 1.91. The molecule has 5 nitrogen and oxygen atoms in total. The fraction of sp³-hybridized carbons (Fsp3) is 0.333. The van der Waals surface area contributed by atoms with Crippen LogP contribution in [0.25, 0.3) is 0 Å². The van der Waals surface area contributed by atoms with Gasteiger partial charge >= 0.3 is 0 Å². The Morgan fingerprint density at radius 2 is 1.67 bits per heavy atom. The second-order valence-electron chi connectivity index (χ2n) is 9.21. The second-order valence-corrected chi connectivity index (χ2v) is 9.65. The van der Waals surface area contributed by atoms with Gasteiger partial charge in [0.15, 0.2) is 6.61 Å². The molecule has 3 aromatic carbocycles. The Morgan fingerprint density at radius 1 is 0.944 bits per heavy atom. The van der Waals surface area contributed by atoms with Gasteiger partial charge in [0.1, 0.15) is 11.8 Å². The van der Waals surface area contributed by atoms with Crippen LogP contribution < -0.4 is 10.1 Å². The van der Waals surface area contributed by atoms with E-state index in [2.05, 4.69) is 5.32 Å². The van der Waals surface area contributed by atoms with E-state index in [4.69, 9.17) is 16.3 Å². The number of nitrogens with zero attached hydrogens (tertiary/aromatic N) is 1. The number of carbonyl (C=O) groups excluding carboxylic acids is 2. The maximum absolute atomic E-state index is 13.6. The molecule has 0 spiro atoms. The molecule has 0 radical (unpaired) electrons. The lowest BCUT2D eigenvalue weighted by molar-refractivity contribution is -0.143. The van der Waals surface area contributed by atoms with Gasteiger partial charge in [-0.25, -0.2) is 0 Å². The number of nitrogens with one attached hydrogen (secondary N) is 1. The third-order valence-corrected chi connectivity index (χ3v) is 6.59. The van der Waals surface area contributed by atoms with Gasteiger partial charge in [-0.3, -0.25) is 9.59 Å². The highest BCUT2D eigenvalue weighted by Gasteiger charge is 2.31. The van der Waals surface area contributed by atoms with Crippen LogP contribution in [0.1, 0.15) is 42.5 Å². The van der Waals surface area contributed by atoms with Crippen LogP contribution in [0.15, 0.2) is 72.8 Å². The van der Waals surface area contributed by atoms with Gasteiger partial charge in [-0.2, -0.15) is 0 Å². The van der Waals surface area contributed by atoms with Gasteiger partial charge in [0.25, 0.3) is 5.91 Å². The third-order valence-electron chi connectivity index (χ3n) is 6.35. The predicted octanol–water partition coefficient (Wildman–Crippen LogP) is 5.89. The van der Waals surface area contributed by atoms with Gasteiger partial charge in [0, 0.05) is 24.0 Å². The number of hydrogen-bond donors (Lipinski definition) is 1. The molecular formula is C30H35ClN2O3. The smallest absolute Gasteiger partial charge is 0.261 e. The van der Waals surface area contributed by atoms with E-state index in [1.54, 1.807) is 11.0 Å². The minimum atomic E-state index is -0.712. The fourth-order valence-electron chi connectivity index (χ4n) is 3.86. The van der Waals surface area contributed by atoms with Crippen molar-refractivity contribution in [1.82, 2.24) is 10.2 Å². The number of hydrogen-bond acceptors (Lipinski definition) is 3. The molecule has 0 bridgehead atoms. The summed E-state index contributed by atoms with van der Waals surface area (Å²) in [5, 5.41) is 3.65. The minimum absolute atomic E-state index is 0.00863. The third kappa shape index (κ3) is 7.85. The number of rotatable bonds is 11. The number of halogens is 1. The van der Waals surface area contributed by atoms with Crippen molar-refractivity contribution >= 4 is 23.4 Å². The van der Waals surface area contributed by atoms with Gasteiger partial charge in [-0.15, -0.1) is 0 Å². The molecule has 36 heavy (non-hydrogen) atoms. The number of amides is 2. The van der Waals surface area contributed by atoms with E-state index in [1.165, 1.54) is 0 Å². The first-order valence-corrected chi connectivity index (χ1v) is 12.7. The molecule has 190 valence electrons. The van der Waals surface area contributed by atoms with Crippen LogP contribution in [-0.2, 0) is 22.6 Å². The first-order valence-electron chi connectivity index (χ1n) is 12.3. The number of ether oxygens (including phenoxy) is 1. The monoisotopic (exact) mass is 506 g/mol. The standard InChI is InChI=1S/C30H35ClN2O3/c1-5-23(4)32-30(35)28(18-24-10-7-6-8-11-24)33(19-25-12-9-13-26(31)17-25)29(34)20-36-27-15-14-21(2)22(3)16-27/h6-17,23,28H,5,18-20H2,1-4H3,(H,32,35). The van der Waals surface area contributed by atoms with E-state index in [0.29, 0.717) is 17.2 Å². The van der Waals surface area contributed by atoms with Gasteiger partial charge in [0.2, 0.25) is 5.91 Å². The Bertz CT molecular complexity index is 1170. The maximum Gasteiger partial charge on any atom is 0.261 e. The number of benzene rings is 3. The summed E-state index contributed by atoms with van der Waals surface area (Å²) in [6.07, 6.45) is 1.18. The van der Waals surface area contributed by atoms with Crippen molar-refractivity contribution in [2.45, 2.75) is 59.2 Å². The van der Waals surface area contributed by atoms with Crippen LogP contribution in [0, 0.1) is 13.8 Å². The van der Waals surface area contributed by atoms with Crippen LogP contribution in [0.5, 0.6) is 5.75 Å². The van der Waals surface area contributed by atoms with Crippen molar-refractivity contribution in [3.8, 4) is 5.75 Å². The Morgan fingerprint density at radius 3 is 2.33 bits per heavy atom. The van der Waals surface area contributed by atoms with E-state index in [9.17, 15) is 9.59 Å². The molecule has 2 atom stereocenters. The zero-order valence-electron chi connectivity index (χ0n) is 21.5. The van der Waals surface area contributed by atoms with E-state index < -0.39 is 6.04 Å². The highest BCUT2D eigenvalue weighted by Crippen LogP contribution is 2.20. The topological polar surface area (TPSA) is 58.6 Å². The summed E-state index contributed by atoms with van der Waals surface area (Å²) in [5.74, 6) is 0.168. The van der Waals surface area contributed by atoms with Crippen molar-refractivity contribution in [2.75, 3.05) is 6.61 Å². The maximum atomic E-state index is 13.6. The largest absolute Gasteiger partial charge is 0.484 e. The molecule has 3 rings (SSSR count). The summed E-state index contributed by atoms with van der Waals surface area (Å²) < 4.78 is 5.88. The highest BCUT2D eigenvalue weighted by molar-refractivity contribution is 6.30. The summed E-state index contributed by atoms with van der Waals surface area (Å²) >= 11 is 6.23. The van der Waals surface area contributed by atoms with Crippen molar-refractivity contribution in [2.24, 2.45) is 0 Å². The summed E-state index contributed by atoms with van der Waals surface area (Å²) in [5.41, 5.74) is 4.06. The molecule has 1 N–H and O–H groups in total. The van der Waals surface area contributed by atoms with Crippen LogP contribution in [-0.4, -0.2) is 35.4 Å². The lowest BCUT2D eigenvalue weighted by Gasteiger charge is -2.32.